The second-order valence-corrected chi connectivity index (χ2v) is 10.2. The van der Waals surface area contributed by atoms with Crippen LogP contribution in [0, 0.1) is 11.6 Å². The Morgan fingerprint density at radius 3 is 2.48 bits per heavy atom. The summed E-state index contributed by atoms with van der Waals surface area (Å²) in [6.45, 7) is -0.915. The standard InChI is InChI=1S/C26H19F2N2O9P/c27-16-6-14-23(8-20(16)32)39-24-9-21(33)17(28)7-15(24)25(14)12-3-4-19(31)26-13(12)2-1-11(30-26)5-18(29)22(34)10-38-40(35,36)37/h1-4,6-9,18,31-32H,5,10,29H2,(H2,35,36,37)/t18-/m0/s1. The van der Waals surface area contributed by atoms with Crippen molar-refractivity contribution in [2.45, 2.75) is 12.5 Å². The van der Waals surface area contributed by atoms with Gasteiger partial charge in [-0.15, -0.1) is 0 Å². The van der Waals surface area contributed by atoms with Crippen LogP contribution < -0.4 is 11.2 Å². The van der Waals surface area contributed by atoms with Gasteiger partial charge in [-0.2, -0.15) is 0 Å². The summed E-state index contributed by atoms with van der Waals surface area (Å²) in [6, 6.07) is 8.47. The predicted molar refractivity (Wildman–Crippen MR) is 138 cm³/mol. The van der Waals surface area contributed by atoms with E-state index in [1.165, 1.54) is 24.3 Å². The van der Waals surface area contributed by atoms with Crippen LogP contribution >= 0.6 is 7.82 Å². The molecule has 206 valence electrons. The molecule has 0 bridgehead atoms. The Morgan fingerprint density at radius 1 is 1.00 bits per heavy atom. The Labute approximate surface area is 222 Å². The Hall–Kier alpha value is -4.26. The van der Waals surface area contributed by atoms with Gasteiger partial charge in [0.15, 0.2) is 23.2 Å². The van der Waals surface area contributed by atoms with Gasteiger partial charge in [0.05, 0.1) is 6.04 Å². The topological polar surface area (TPSA) is 193 Å². The predicted octanol–water partition coefficient (Wildman–Crippen LogP) is 3.35. The minimum absolute atomic E-state index is 0.000207. The van der Waals surface area contributed by atoms with Crippen LogP contribution in [0.1, 0.15) is 5.69 Å². The molecule has 1 aromatic heterocycles. The van der Waals surface area contributed by atoms with Crippen LogP contribution in [-0.4, -0.2) is 43.4 Å². The lowest BCUT2D eigenvalue weighted by Crippen LogP contribution is -2.35. The maximum absolute atomic E-state index is 14.5. The number of ketones is 1. The number of hydrogen-bond acceptors (Lipinski definition) is 9. The van der Waals surface area contributed by atoms with Gasteiger partial charge in [0.1, 0.15) is 29.2 Å². The van der Waals surface area contributed by atoms with Gasteiger partial charge in [-0.05, 0) is 35.9 Å². The quantitative estimate of drug-likeness (QED) is 0.142. The third-order valence-electron chi connectivity index (χ3n) is 6.22. The molecule has 2 aliphatic rings. The molecule has 14 heteroatoms. The molecule has 40 heavy (non-hydrogen) atoms. The van der Waals surface area contributed by atoms with Gasteiger partial charge >= 0.3 is 7.82 Å². The van der Waals surface area contributed by atoms with Crippen LogP contribution in [0.5, 0.6) is 11.5 Å². The molecular formula is C26H19F2N2O9P. The van der Waals surface area contributed by atoms with E-state index >= 15 is 0 Å². The number of phosphoric acid groups is 1. The number of pyridine rings is 1. The van der Waals surface area contributed by atoms with Crippen molar-refractivity contribution < 1.29 is 47.1 Å². The molecule has 6 N–H and O–H groups in total. The van der Waals surface area contributed by atoms with Crippen molar-refractivity contribution in [3.05, 3.63) is 76.1 Å². The second kappa shape index (κ2) is 10.0. The molecule has 0 spiro atoms. The van der Waals surface area contributed by atoms with E-state index in [0.717, 1.165) is 24.3 Å². The largest absolute Gasteiger partial charge is 0.506 e. The molecule has 0 saturated carbocycles. The fourth-order valence-electron chi connectivity index (χ4n) is 4.36. The first kappa shape index (κ1) is 27.3. The number of nitrogens with two attached hydrogens (primary N) is 1. The zero-order chi connectivity index (χ0) is 28.9. The van der Waals surface area contributed by atoms with Gasteiger partial charge in [-0.1, -0.05) is 6.07 Å². The van der Waals surface area contributed by atoms with E-state index in [2.05, 4.69) is 9.51 Å². The lowest BCUT2D eigenvalue weighted by Gasteiger charge is -2.18. The number of fused-ring (bicyclic) bond motifs is 3. The number of hydrogen-bond donors (Lipinski definition) is 5. The maximum Gasteiger partial charge on any atom is 0.470 e. The van der Waals surface area contributed by atoms with Crippen LogP contribution in [0.4, 0.5) is 8.78 Å². The monoisotopic (exact) mass is 572 g/mol. The van der Waals surface area contributed by atoms with E-state index in [1.54, 1.807) is 0 Å². The van der Waals surface area contributed by atoms with Crippen LogP contribution in [0.15, 0.2) is 57.7 Å². The molecule has 1 aliphatic heterocycles. The number of carbonyl (C=O) groups excluding carboxylic acids is 1. The van der Waals surface area contributed by atoms with E-state index in [9.17, 15) is 33.1 Å². The molecule has 2 heterocycles. The normalized spacial score (nSPS) is 12.8. The van der Waals surface area contributed by atoms with Crippen LogP contribution in [0.3, 0.4) is 0 Å². The minimum atomic E-state index is -4.87. The molecule has 1 aliphatic carbocycles. The minimum Gasteiger partial charge on any atom is -0.506 e. The van der Waals surface area contributed by atoms with E-state index in [-0.39, 0.29) is 51.2 Å². The van der Waals surface area contributed by atoms with Crippen molar-refractivity contribution in [1.82, 2.24) is 4.98 Å². The van der Waals surface area contributed by atoms with Crippen molar-refractivity contribution in [1.29, 1.82) is 0 Å². The molecule has 0 amide bonds. The van der Waals surface area contributed by atoms with Gasteiger partial charge in [-0.3, -0.25) is 14.1 Å². The first-order valence-electron chi connectivity index (χ1n) is 11.5. The fraction of sp³-hybridized carbons (Fsp3) is 0.115. The second-order valence-electron chi connectivity index (χ2n) is 8.93. The van der Waals surface area contributed by atoms with E-state index in [4.69, 9.17) is 19.9 Å². The molecule has 1 atom stereocenters. The number of phosphoric ester groups is 1. The lowest BCUT2D eigenvalue weighted by molar-refractivity contribution is -0.122. The van der Waals surface area contributed by atoms with Crippen molar-refractivity contribution >= 4 is 35.5 Å². The van der Waals surface area contributed by atoms with Gasteiger partial charge < -0.3 is 30.2 Å². The number of carbonyl (C=O) groups is 1. The number of aromatic nitrogens is 1. The van der Waals surface area contributed by atoms with E-state index < -0.39 is 49.1 Å². The molecule has 11 nitrogen and oxygen atoms in total. The molecular weight excluding hydrogens is 553 g/mol. The Morgan fingerprint density at radius 2 is 1.75 bits per heavy atom. The highest BCUT2D eigenvalue weighted by molar-refractivity contribution is 7.46. The summed E-state index contributed by atoms with van der Waals surface area (Å²) in [5.74, 6) is -3.85. The van der Waals surface area contributed by atoms with Gasteiger partial charge in [0.2, 0.25) is 5.43 Å². The van der Waals surface area contributed by atoms with Crippen molar-refractivity contribution in [3.8, 4) is 33.9 Å². The highest BCUT2D eigenvalue weighted by Crippen LogP contribution is 2.44. The molecule has 3 aromatic rings. The van der Waals surface area contributed by atoms with E-state index in [0.29, 0.717) is 10.9 Å². The average molecular weight is 572 g/mol. The number of Topliss-reactive ketones (excluding diaryl/α,β-unsaturated/α-hetero) is 1. The Balaban J connectivity index is 1.66. The molecule has 0 radical (unpaired) electrons. The number of aromatic hydroxyl groups is 2. The van der Waals surface area contributed by atoms with Crippen LogP contribution in [-0.2, 0) is 20.3 Å². The number of rotatable bonds is 7. The fourth-order valence-corrected chi connectivity index (χ4v) is 4.65. The number of phenols is 2. The van der Waals surface area contributed by atoms with Crippen LogP contribution in [0.25, 0.3) is 44.3 Å². The number of halogens is 2. The Bertz CT molecular complexity index is 1900. The number of nitrogens with zero attached hydrogens (tertiary/aromatic N) is 1. The average Bonchev–Trinajstić information content (AvgIpc) is 2.88. The Kier molecular flexibility index (Phi) is 6.86. The van der Waals surface area contributed by atoms with Gasteiger partial charge in [-0.25, -0.2) is 18.3 Å². The molecule has 2 aromatic carbocycles. The van der Waals surface area contributed by atoms with Crippen LogP contribution in [0.2, 0.25) is 0 Å². The summed E-state index contributed by atoms with van der Waals surface area (Å²) >= 11 is 0. The molecule has 0 saturated heterocycles. The first-order chi connectivity index (χ1) is 18.8. The van der Waals surface area contributed by atoms with Crippen molar-refractivity contribution in [3.63, 3.8) is 0 Å². The number of benzene rings is 3. The van der Waals surface area contributed by atoms with E-state index in [1.807, 2.05) is 0 Å². The summed E-state index contributed by atoms with van der Waals surface area (Å²) in [7, 11) is -4.87. The highest BCUT2D eigenvalue weighted by atomic mass is 31.2. The third-order valence-corrected chi connectivity index (χ3v) is 6.69. The van der Waals surface area contributed by atoms with Crippen molar-refractivity contribution in [2.24, 2.45) is 5.73 Å². The summed E-state index contributed by atoms with van der Waals surface area (Å²) in [5, 5.41) is 20.9. The highest BCUT2D eigenvalue weighted by Gasteiger charge is 2.24. The lowest BCUT2D eigenvalue weighted by atomic mass is 9.90. The zero-order valence-electron chi connectivity index (χ0n) is 20.2. The smallest absolute Gasteiger partial charge is 0.470 e. The zero-order valence-corrected chi connectivity index (χ0v) is 21.1. The summed E-state index contributed by atoms with van der Waals surface area (Å²) in [5.41, 5.74) is 5.89. The third kappa shape index (κ3) is 5.16. The molecule has 0 unspecified atom stereocenters. The molecule has 5 rings (SSSR count). The first-order valence-corrected chi connectivity index (χ1v) is 13.0. The molecule has 0 fully saturated rings. The number of phenolic OH excluding ortho intramolecular Hbond substituents is 2. The van der Waals surface area contributed by atoms with Gasteiger partial charge in [0, 0.05) is 46.1 Å². The summed E-state index contributed by atoms with van der Waals surface area (Å²) in [4.78, 5) is 46.1. The van der Waals surface area contributed by atoms with Gasteiger partial charge in [0.25, 0.3) is 0 Å². The SMILES string of the molecule is N[C@@H](Cc1ccc2c(-c3c4cc(F)c(=O)cc-4oc4cc(O)c(F)cc34)ccc(O)c2n1)C(=O)COP(=O)(O)O. The summed E-state index contributed by atoms with van der Waals surface area (Å²) in [6.07, 6.45) is -0.166. The van der Waals surface area contributed by atoms with Crippen molar-refractivity contribution in [2.75, 3.05) is 6.61 Å². The maximum atomic E-state index is 14.5. The summed E-state index contributed by atoms with van der Waals surface area (Å²) < 4.78 is 49.6.